The molecule has 0 atom stereocenters. The lowest BCUT2D eigenvalue weighted by Gasteiger charge is -2.35. The maximum absolute atomic E-state index is 5.58. The summed E-state index contributed by atoms with van der Waals surface area (Å²) >= 11 is 4.93. The SMILES string of the molecule is CCOC1CC(Nc2nc(C)cc(C(N)=S)n2)C1. The molecule has 1 fully saturated rings. The van der Waals surface area contributed by atoms with E-state index in [1.165, 1.54) is 0 Å². The molecule has 0 amide bonds. The zero-order valence-electron chi connectivity index (χ0n) is 10.6. The summed E-state index contributed by atoms with van der Waals surface area (Å²) in [4.78, 5) is 8.92. The van der Waals surface area contributed by atoms with Crippen molar-refractivity contribution in [2.45, 2.75) is 38.8 Å². The number of rotatable bonds is 5. The number of nitrogens with two attached hydrogens (primary N) is 1. The van der Waals surface area contributed by atoms with Gasteiger partial charge in [-0.3, -0.25) is 0 Å². The Balaban J connectivity index is 1.96. The summed E-state index contributed by atoms with van der Waals surface area (Å²) in [6.07, 6.45) is 2.36. The number of nitrogens with one attached hydrogen (secondary N) is 1. The van der Waals surface area contributed by atoms with E-state index in [4.69, 9.17) is 22.7 Å². The number of thiocarbonyl (C=S) groups is 1. The lowest BCUT2D eigenvalue weighted by Crippen LogP contribution is -2.41. The van der Waals surface area contributed by atoms with Crippen molar-refractivity contribution in [3.05, 3.63) is 17.5 Å². The molecule has 1 heterocycles. The molecule has 3 N–H and O–H groups in total. The number of ether oxygens (including phenoxy) is 1. The topological polar surface area (TPSA) is 73.1 Å². The van der Waals surface area contributed by atoms with Gasteiger partial charge in [-0.2, -0.15) is 0 Å². The van der Waals surface area contributed by atoms with Crippen LogP contribution < -0.4 is 11.1 Å². The molecule has 98 valence electrons. The fraction of sp³-hybridized carbons (Fsp3) is 0.583. The first-order valence-corrected chi connectivity index (χ1v) is 6.53. The number of aryl methyl sites for hydroxylation is 1. The summed E-state index contributed by atoms with van der Waals surface area (Å²) in [5, 5.41) is 3.29. The van der Waals surface area contributed by atoms with E-state index in [1.807, 2.05) is 13.8 Å². The molecule has 0 radical (unpaired) electrons. The van der Waals surface area contributed by atoms with Gasteiger partial charge in [-0.15, -0.1) is 0 Å². The summed E-state index contributed by atoms with van der Waals surface area (Å²) in [7, 11) is 0. The van der Waals surface area contributed by atoms with Crippen LogP contribution in [0.2, 0.25) is 0 Å². The average molecular weight is 266 g/mol. The number of aromatic nitrogens is 2. The average Bonchev–Trinajstić information content (AvgIpc) is 2.25. The Bertz CT molecular complexity index is 446. The summed E-state index contributed by atoms with van der Waals surface area (Å²) in [5.41, 5.74) is 7.05. The third-order valence-corrected chi connectivity index (χ3v) is 3.15. The number of hydrogen-bond acceptors (Lipinski definition) is 5. The van der Waals surface area contributed by atoms with E-state index in [9.17, 15) is 0 Å². The standard InChI is InChI=1S/C12H18N4OS/c1-3-17-9-5-8(6-9)15-12-14-7(2)4-10(16-12)11(13)18/h4,8-9H,3,5-6H2,1-2H3,(H2,13,18)(H,14,15,16). The minimum absolute atomic E-state index is 0.296. The van der Waals surface area contributed by atoms with Crippen molar-refractivity contribution in [1.29, 1.82) is 0 Å². The van der Waals surface area contributed by atoms with Gasteiger partial charge < -0.3 is 15.8 Å². The van der Waals surface area contributed by atoms with Crippen LogP contribution in [-0.4, -0.2) is 33.7 Å². The molecule has 5 nitrogen and oxygen atoms in total. The molecule has 18 heavy (non-hydrogen) atoms. The highest BCUT2D eigenvalue weighted by Crippen LogP contribution is 2.25. The van der Waals surface area contributed by atoms with Crippen LogP contribution in [-0.2, 0) is 4.74 Å². The van der Waals surface area contributed by atoms with Crippen LogP contribution in [0.25, 0.3) is 0 Å². The van der Waals surface area contributed by atoms with Gasteiger partial charge in [0.15, 0.2) is 0 Å². The first-order chi connectivity index (χ1) is 8.58. The second-order valence-corrected chi connectivity index (χ2v) is 4.91. The van der Waals surface area contributed by atoms with Gasteiger partial charge in [0.25, 0.3) is 0 Å². The Hall–Kier alpha value is -1.27. The van der Waals surface area contributed by atoms with E-state index in [0.717, 1.165) is 25.1 Å². The summed E-state index contributed by atoms with van der Waals surface area (Å²) < 4.78 is 5.51. The molecule has 1 aromatic heterocycles. The Kier molecular flexibility index (Phi) is 4.08. The highest BCUT2D eigenvalue weighted by atomic mass is 32.1. The van der Waals surface area contributed by atoms with E-state index in [1.54, 1.807) is 6.07 Å². The maximum Gasteiger partial charge on any atom is 0.223 e. The highest BCUT2D eigenvalue weighted by Gasteiger charge is 2.30. The predicted molar refractivity (Wildman–Crippen MR) is 74.7 cm³/mol. The zero-order chi connectivity index (χ0) is 13.1. The Morgan fingerprint density at radius 1 is 1.56 bits per heavy atom. The molecule has 0 spiro atoms. The fourth-order valence-corrected chi connectivity index (χ4v) is 2.10. The van der Waals surface area contributed by atoms with Crippen molar-refractivity contribution in [3.8, 4) is 0 Å². The molecule has 0 saturated heterocycles. The monoisotopic (exact) mass is 266 g/mol. The van der Waals surface area contributed by atoms with Gasteiger partial charge in [0, 0.05) is 18.3 Å². The molecule has 0 bridgehead atoms. The van der Waals surface area contributed by atoms with E-state index in [0.29, 0.717) is 28.8 Å². The van der Waals surface area contributed by atoms with Crippen LogP contribution in [0.1, 0.15) is 31.2 Å². The molecule has 0 aliphatic heterocycles. The van der Waals surface area contributed by atoms with E-state index in [-0.39, 0.29) is 0 Å². The van der Waals surface area contributed by atoms with Gasteiger partial charge in [-0.25, -0.2) is 9.97 Å². The fourth-order valence-electron chi connectivity index (χ4n) is 2.00. The molecule has 1 aliphatic carbocycles. The second kappa shape index (κ2) is 5.58. The Morgan fingerprint density at radius 2 is 2.28 bits per heavy atom. The largest absolute Gasteiger partial charge is 0.388 e. The van der Waals surface area contributed by atoms with Crippen molar-refractivity contribution >= 4 is 23.2 Å². The lowest BCUT2D eigenvalue weighted by molar-refractivity contribution is 0.00285. The van der Waals surface area contributed by atoms with E-state index < -0.39 is 0 Å². The van der Waals surface area contributed by atoms with Crippen molar-refractivity contribution in [2.75, 3.05) is 11.9 Å². The summed E-state index contributed by atoms with van der Waals surface area (Å²) in [6.45, 7) is 4.68. The van der Waals surface area contributed by atoms with Gasteiger partial charge in [0.2, 0.25) is 5.95 Å². The molecule has 0 unspecified atom stereocenters. The maximum atomic E-state index is 5.58. The molecular formula is C12H18N4OS. The molecule has 6 heteroatoms. The lowest BCUT2D eigenvalue weighted by atomic mass is 9.89. The summed E-state index contributed by atoms with van der Waals surface area (Å²) in [6, 6.07) is 2.17. The Labute approximate surface area is 112 Å². The van der Waals surface area contributed by atoms with E-state index in [2.05, 4.69) is 15.3 Å². The molecule has 1 aromatic rings. The van der Waals surface area contributed by atoms with Crippen LogP contribution >= 0.6 is 12.2 Å². The van der Waals surface area contributed by atoms with Gasteiger partial charge in [0.1, 0.15) is 10.7 Å². The molecule has 2 rings (SSSR count). The van der Waals surface area contributed by atoms with Gasteiger partial charge >= 0.3 is 0 Å². The van der Waals surface area contributed by atoms with Crippen molar-refractivity contribution in [2.24, 2.45) is 5.73 Å². The first kappa shape index (κ1) is 13.2. The first-order valence-electron chi connectivity index (χ1n) is 6.12. The van der Waals surface area contributed by atoms with Crippen molar-refractivity contribution < 1.29 is 4.74 Å². The van der Waals surface area contributed by atoms with Gasteiger partial charge in [-0.1, -0.05) is 12.2 Å². The number of nitrogens with zero attached hydrogens (tertiary/aromatic N) is 2. The zero-order valence-corrected chi connectivity index (χ0v) is 11.5. The third kappa shape index (κ3) is 3.14. The highest BCUT2D eigenvalue weighted by molar-refractivity contribution is 7.80. The molecular weight excluding hydrogens is 248 g/mol. The quantitative estimate of drug-likeness (QED) is 0.785. The number of anilines is 1. The third-order valence-electron chi connectivity index (χ3n) is 2.94. The van der Waals surface area contributed by atoms with Crippen molar-refractivity contribution in [1.82, 2.24) is 9.97 Å². The van der Waals surface area contributed by atoms with Crippen molar-refractivity contribution in [3.63, 3.8) is 0 Å². The van der Waals surface area contributed by atoms with Gasteiger partial charge in [0.05, 0.1) is 6.10 Å². The molecule has 0 aromatic carbocycles. The smallest absolute Gasteiger partial charge is 0.223 e. The number of hydrogen-bond donors (Lipinski definition) is 2. The predicted octanol–water partition coefficient (Wildman–Crippen LogP) is 1.40. The summed E-state index contributed by atoms with van der Waals surface area (Å²) in [5.74, 6) is 0.595. The second-order valence-electron chi connectivity index (χ2n) is 4.47. The Morgan fingerprint density at radius 3 is 2.89 bits per heavy atom. The van der Waals surface area contributed by atoms with Crippen LogP contribution in [0.15, 0.2) is 6.07 Å². The van der Waals surface area contributed by atoms with Crippen LogP contribution in [0, 0.1) is 6.92 Å². The molecule has 1 saturated carbocycles. The minimum atomic E-state index is 0.296. The normalized spacial score (nSPS) is 22.3. The van der Waals surface area contributed by atoms with E-state index >= 15 is 0 Å². The van der Waals surface area contributed by atoms with Gasteiger partial charge in [-0.05, 0) is 32.8 Å². The van der Waals surface area contributed by atoms with Crippen LogP contribution in [0.3, 0.4) is 0 Å². The van der Waals surface area contributed by atoms with Crippen LogP contribution in [0.4, 0.5) is 5.95 Å². The molecule has 1 aliphatic rings. The van der Waals surface area contributed by atoms with Crippen LogP contribution in [0.5, 0.6) is 0 Å². The minimum Gasteiger partial charge on any atom is -0.388 e.